The first kappa shape index (κ1) is 24.0. The lowest BCUT2D eigenvalue weighted by molar-refractivity contribution is -0.0245. The quantitative estimate of drug-likeness (QED) is 0.298. The van der Waals surface area contributed by atoms with E-state index in [2.05, 4.69) is 37.6 Å². The van der Waals surface area contributed by atoms with E-state index in [0.29, 0.717) is 48.2 Å². The molecule has 180 valence electrons. The number of H-pyrrole nitrogens is 1. The third-order valence-corrected chi connectivity index (χ3v) is 5.93. The summed E-state index contributed by atoms with van der Waals surface area (Å²) in [7, 11) is 0. The average Bonchev–Trinajstić information content (AvgIpc) is 3.57. The number of alkyl halides is 2. The summed E-state index contributed by atoms with van der Waals surface area (Å²) in [5.74, 6) is -2.35. The fourth-order valence-corrected chi connectivity index (χ4v) is 3.97. The van der Waals surface area contributed by atoms with E-state index in [-0.39, 0.29) is 12.2 Å². The van der Waals surface area contributed by atoms with Gasteiger partial charge in [0.25, 0.3) is 0 Å². The number of aryl methyl sites for hydroxylation is 1. The molecule has 0 amide bonds. The van der Waals surface area contributed by atoms with E-state index in [1.807, 2.05) is 42.0 Å². The van der Waals surface area contributed by atoms with Gasteiger partial charge in [-0.25, -0.2) is 14.8 Å². The molecule has 8 nitrogen and oxygen atoms in total. The second-order valence-corrected chi connectivity index (χ2v) is 8.63. The number of aromatic nitrogens is 8. The molecule has 1 N–H and O–H groups in total. The molecule has 0 saturated carbocycles. The molecule has 3 heterocycles. The summed E-state index contributed by atoms with van der Waals surface area (Å²) >= 11 is 6.34. The molecule has 0 fully saturated rings. The van der Waals surface area contributed by atoms with Gasteiger partial charge in [-0.3, -0.25) is 0 Å². The molecule has 0 radical (unpaired) electrons. The van der Waals surface area contributed by atoms with Gasteiger partial charge in [0.1, 0.15) is 11.5 Å². The molecule has 1 aromatic carbocycles. The summed E-state index contributed by atoms with van der Waals surface area (Å²) in [6.45, 7) is 4.32. The first-order chi connectivity index (χ1) is 16.4. The summed E-state index contributed by atoms with van der Waals surface area (Å²) in [4.78, 5) is 4.24. The summed E-state index contributed by atoms with van der Waals surface area (Å²) in [6.07, 6.45) is 5.16. The molecule has 11 heteroatoms. The van der Waals surface area contributed by atoms with Crippen LogP contribution in [0, 0.1) is 0 Å². The first-order valence-corrected chi connectivity index (χ1v) is 11.8. The average molecular weight is 489 g/mol. The number of benzene rings is 1. The van der Waals surface area contributed by atoms with E-state index in [4.69, 9.17) is 11.6 Å². The minimum absolute atomic E-state index is 0.238. The maximum Gasteiger partial charge on any atom is 0.308 e. The second kappa shape index (κ2) is 10.4. The van der Waals surface area contributed by atoms with Crippen molar-refractivity contribution in [3.8, 4) is 17.2 Å². The van der Waals surface area contributed by atoms with E-state index in [1.165, 1.54) is 0 Å². The summed E-state index contributed by atoms with van der Waals surface area (Å²) in [6, 6.07) is 9.50. The van der Waals surface area contributed by atoms with E-state index in [1.54, 1.807) is 10.7 Å². The molecule has 0 aliphatic heterocycles. The van der Waals surface area contributed by atoms with E-state index >= 15 is 0 Å². The highest BCUT2D eigenvalue weighted by Crippen LogP contribution is 2.32. The molecule has 0 unspecified atom stereocenters. The Labute approximate surface area is 201 Å². The minimum atomic E-state index is -3.02. The van der Waals surface area contributed by atoms with Gasteiger partial charge in [-0.1, -0.05) is 50.4 Å². The molecule has 4 aromatic rings. The smallest absolute Gasteiger partial charge is 0.308 e. The lowest BCUT2D eigenvalue weighted by Crippen LogP contribution is -2.16. The lowest BCUT2D eigenvalue weighted by atomic mass is 10.1. The predicted molar refractivity (Wildman–Crippen MR) is 125 cm³/mol. The van der Waals surface area contributed by atoms with Crippen LogP contribution in [0.5, 0.6) is 0 Å². The van der Waals surface area contributed by atoms with Crippen LogP contribution in [0.25, 0.3) is 17.2 Å². The van der Waals surface area contributed by atoms with Crippen molar-refractivity contribution in [2.45, 2.75) is 64.8 Å². The van der Waals surface area contributed by atoms with Crippen molar-refractivity contribution >= 4 is 11.6 Å². The maximum atomic E-state index is 14.6. The van der Waals surface area contributed by atoms with Crippen LogP contribution < -0.4 is 0 Å². The van der Waals surface area contributed by atoms with Crippen LogP contribution in [-0.4, -0.2) is 40.0 Å². The number of hydrogen-bond donors (Lipinski definition) is 1. The van der Waals surface area contributed by atoms with Crippen molar-refractivity contribution in [1.82, 2.24) is 40.0 Å². The molecule has 0 atom stereocenters. The maximum absolute atomic E-state index is 14.6. The normalized spacial score (nSPS) is 11.9. The van der Waals surface area contributed by atoms with Crippen molar-refractivity contribution in [2.24, 2.45) is 0 Å². The number of tetrazole rings is 1. The predicted octanol–water partition coefficient (Wildman–Crippen LogP) is 5.58. The SMILES string of the molecule is CCCCc1nc(C(F)(F)CCCC)nn1Cc1ccc(-n2ccc(Cl)c2-c2nnn[nH]2)cc1. The summed E-state index contributed by atoms with van der Waals surface area (Å²) in [5, 5.41) is 18.7. The third kappa shape index (κ3) is 5.16. The Bertz CT molecular complexity index is 1200. The number of nitrogens with zero attached hydrogens (tertiary/aromatic N) is 7. The van der Waals surface area contributed by atoms with Gasteiger partial charge in [-0.05, 0) is 47.0 Å². The fraction of sp³-hybridized carbons (Fsp3) is 0.435. The van der Waals surface area contributed by atoms with Gasteiger partial charge in [0.15, 0.2) is 5.82 Å². The molecule has 0 aliphatic carbocycles. The van der Waals surface area contributed by atoms with Crippen molar-refractivity contribution in [1.29, 1.82) is 0 Å². The van der Waals surface area contributed by atoms with Crippen LogP contribution in [0.3, 0.4) is 0 Å². The highest BCUT2D eigenvalue weighted by atomic mass is 35.5. The largest absolute Gasteiger partial charge is 0.312 e. The summed E-state index contributed by atoms with van der Waals surface area (Å²) in [5.41, 5.74) is 2.44. The van der Waals surface area contributed by atoms with Crippen molar-refractivity contribution < 1.29 is 8.78 Å². The van der Waals surface area contributed by atoms with Crippen molar-refractivity contribution in [3.63, 3.8) is 0 Å². The molecule has 0 bridgehead atoms. The van der Waals surface area contributed by atoms with E-state index in [0.717, 1.165) is 24.1 Å². The Kier molecular flexibility index (Phi) is 7.35. The van der Waals surface area contributed by atoms with Gasteiger partial charge in [0, 0.05) is 24.7 Å². The van der Waals surface area contributed by atoms with Gasteiger partial charge in [0.2, 0.25) is 5.82 Å². The highest BCUT2D eigenvalue weighted by molar-refractivity contribution is 6.33. The number of hydrogen-bond acceptors (Lipinski definition) is 5. The van der Waals surface area contributed by atoms with Gasteiger partial charge in [0.05, 0.1) is 11.6 Å². The molecule has 34 heavy (non-hydrogen) atoms. The van der Waals surface area contributed by atoms with Gasteiger partial charge >= 0.3 is 5.92 Å². The highest BCUT2D eigenvalue weighted by Gasteiger charge is 2.36. The Morgan fingerprint density at radius 1 is 1.06 bits per heavy atom. The zero-order chi connectivity index (χ0) is 24.1. The molecule has 0 spiro atoms. The minimum Gasteiger partial charge on any atom is -0.312 e. The van der Waals surface area contributed by atoms with Crippen LogP contribution in [-0.2, 0) is 18.9 Å². The van der Waals surface area contributed by atoms with Gasteiger partial charge in [-0.2, -0.15) is 8.78 Å². The molecule has 4 rings (SSSR count). The van der Waals surface area contributed by atoms with Crippen molar-refractivity contribution in [2.75, 3.05) is 0 Å². The van der Waals surface area contributed by atoms with E-state index < -0.39 is 5.92 Å². The Morgan fingerprint density at radius 2 is 1.82 bits per heavy atom. The Balaban J connectivity index is 1.58. The van der Waals surface area contributed by atoms with E-state index in [9.17, 15) is 8.78 Å². The number of unbranched alkanes of at least 4 members (excludes halogenated alkanes) is 2. The molecule has 0 saturated heterocycles. The third-order valence-electron chi connectivity index (χ3n) is 5.63. The second-order valence-electron chi connectivity index (χ2n) is 8.22. The number of rotatable bonds is 11. The first-order valence-electron chi connectivity index (χ1n) is 11.4. The molecular formula is C23H27ClF2N8. The van der Waals surface area contributed by atoms with Gasteiger partial charge < -0.3 is 4.57 Å². The number of aromatic amines is 1. The molecule has 3 aromatic heterocycles. The van der Waals surface area contributed by atoms with Crippen LogP contribution in [0.2, 0.25) is 5.02 Å². The van der Waals surface area contributed by atoms with Crippen molar-refractivity contribution in [3.05, 3.63) is 58.8 Å². The Hall–Kier alpha value is -3.14. The van der Waals surface area contributed by atoms with Crippen LogP contribution in [0.1, 0.15) is 63.2 Å². The van der Waals surface area contributed by atoms with Gasteiger partial charge in [-0.15, -0.1) is 10.2 Å². The standard InChI is InChI=1S/C23H27ClF2N8/c1-3-5-7-19-27-22(23(25,26)13-6-4-2)30-34(19)15-16-8-10-17(11-9-16)33-14-12-18(24)20(33)21-28-31-32-29-21/h8-12,14H,3-7,13,15H2,1-2H3,(H,28,29,31,32). The van der Waals surface area contributed by atoms with Crippen LogP contribution in [0.4, 0.5) is 8.78 Å². The fourth-order valence-electron chi connectivity index (χ4n) is 3.73. The lowest BCUT2D eigenvalue weighted by Gasteiger charge is -2.11. The van der Waals surface area contributed by atoms with Crippen LogP contribution in [0.15, 0.2) is 36.5 Å². The number of halogens is 3. The molecule has 0 aliphatic rings. The zero-order valence-electron chi connectivity index (χ0n) is 19.2. The topological polar surface area (TPSA) is 90.1 Å². The monoisotopic (exact) mass is 488 g/mol. The zero-order valence-corrected chi connectivity index (χ0v) is 19.9. The number of nitrogens with one attached hydrogen (secondary N) is 1. The summed E-state index contributed by atoms with van der Waals surface area (Å²) < 4.78 is 32.7. The Morgan fingerprint density at radius 3 is 2.50 bits per heavy atom. The van der Waals surface area contributed by atoms with Crippen LogP contribution >= 0.6 is 11.6 Å². The molecular weight excluding hydrogens is 462 g/mol.